The third kappa shape index (κ3) is 4.97. The van der Waals surface area contributed by atoms with Crippen LogP contribution in [-0.4, -0.2) is 21.8 Å². The van der Waals surface area contributed by atoms with Crippen molar-refractivity contribution < 1.29 is 4.79 Å². The number of hydrogen-bond donors (Lipinski definition) is 1. The molecule has 0 fully saturated rings. The van der Waals surface area contributed by atoms with Gasteiger partial charge in [-0.3, -0.25) is 9.78 Å². The van der Waals surface area contributed by atoms with Gasteiger partial charge in [0, 0.05) is 25.2 Å². The van der Waals surface area contributed by atoms with Gasteiger partial charge in [0.1, 0.15) is 0 Å². The zero-order valence-electron chi connectivity index (χ0n) is 13.2. The molecule has 1 amide bonds. The minimum Gasteiger partial charge on any atom is -0.332 e. The molecule has 4 nitrogen and oxygen atoms in total. The standard InChI is InChI=1S/C18H23N3O/c1-14-6-5-7-16(10-14)12-21(18(22)11-15(2)19)13-17-8-3-4-9-20-17/h3-10,15H,11-13,19H2,1-2H3. The molecule has 0 bridgehead atoms. The zero-order valence-corrected chi connectivity index (χ0v) is 13.2. The monoisotopic (exact) mass is 297 g/mol. The summed E-state index contributed by atoms with van der Waals surface area (Å²) in [6.45, 7) is 4.98. The number of nitrogens with zero attached hydrogens (tertiary/aromatic N) is 2. The lowest BCUT2D eigenvalue weighted by Gasteiger charge is -2.23. The van der Waals surface area contributed by atoms with Crippen molar-refractivity contribution in [3.63, 3.8) is 0 Å². The van der Waals surface area contributed by atoms with E-state index in [0.29, 0.717) is 19.5 Å². The summed E-state index contributed by atoms with van der Waals surface area (Å²) in [6.07, 6.45) is 2.09. The first-order chi connectivity index (χ1) is 10.5. The Morgan fingerprint density at radius 2 is 2.05 bits per heavy atom. The molecule has 0 aliphatic heterocycles. The Hall–Kier alpha value is -2.20. The maximum Gasteiger partial charge on any atom is 0.224 e. The molecule has 1 unspecified atom stereocenters. The van der Waals surface area contributed by atoms with Gasteiger partial charge in [-0.1, -0.05) is 35.9 Å². The minimum atomic E-state index is -0.142. The fourth-order valence-electron chi connectivity index (χ4n) is 2.35. The van der Waals surface area contributed by atoms with Gasteiger partial charge < -0.3 is 10.6 Å². The highest BCUT2D eigenvalue weighted by Crippen LogP contribution is 2.12. The molecule has 0 spiro atoms. The van der Waals surface area contributed by atoms with Crippen molar-refractivity contribution in [2.75, 3.05) is 0 Å². The van der Waals surface area contributed by atoms with Crippen molar-refractivity contribution >= 4 is 5.91 Å². The summed E-state index contributed by atoms with van der Waals surface area (Å²) >= 11 is 0. The van der Waals surface area contributed by atoms with Crippen molar-refractivity contribution in [1.82, 2.24) is 9.88 Å². The average Bonchev–Trinajstić information content (AvgIpc) is 2.47. The number of carbonyl (C=O) groups excluding carboxylic acids is 1. The van der Waals surface area contributed by atoms with Gasteiger partial charge >= 0.3 is 0 Å². The number of amides is 1. The summed E-state index contributed by atoms with van der Waals surface area (Å²) in [5.74, 6) is 0.0576. The van der Waals surface area contributed by atoms with Crippen molar-refractivity contribution in [3.8, 4) is 0 Å². The SMILES string of the molecule is Cc1cccc(CN(Cc2ccccn2)C(=O)CC(C)N)c1. The van der Waals surface area contributed by atoms with Crippen molar-refractivity contribution in [1.29, 1.82) is 0 Å². The third-order valence-electron chi connectivity index (χ3n) is 3.38. The van der Waals surface area contributed by atoms with Gasteiger partial charge in [0.15, 0.2) is 0 Å². The number of aromatic nitrogens is 1. The lowest BCUT2D eigenvalue weighted by atomic mass is 10.1. The second kappa shape index (κ2) is 7.71. The van der Waals surface area contributed by atoms with Gasteiger partial charge in [0.05, 0.1) is 12.2 Å². The smallest absolute Gasteiger partial charge is 0.224 e. The van der Waals surface area contributed by atoms with Crippen LogP contribution in [0.25, 0.3) is 0 Å². The minimum absolute atomic E-state index is 0.0576. The van der Waals surface area contributed by atoms with Gasteiger partial charge in [-0.2, -0.15) is 0 Å². The number of carbonyl (C=O) groups is 1. The van der Waals surface area contributed by atoms with E-state index in [0.717, 1.165) is 11.3 Å². The summed E-state index contributed by atoms with van der Waals surface area (Å²) < 4.78 is 0. The molecule has 1 aromatic heterocycles. The van der Waals surface area contributed by atoms with Crippen LogP contribution in [0.15, 0.2) is 48.7 Å². The van der Waals surface area contributed by atoms with Crippen LogP contribution in [0.1, 0.15) is 30.2 Å². The predicted molar refractivity (Wildman–Crippen MR) is 87.9 cm³/mol. The summed E-state index contributed by atoms with van der Waals surface area (Å²) in [6, 6.07) is 13.8. The maximum absolute atomic E-state index is 12.5. The molecule has 0 saturated carbocycles. The predicted octanol–water partition coefficient (Wildman–Crippen LogP) is 2.66. The highest BCUT2D eigenvalue weighted by atomic mass is 16.2. The first kappa shape index (κ1) is 16.2. The van der Waals surface area contributed by atoms with Crippen LogP contribution in [0.2, 0.25) is 0 Å². The largest absolute Gasteiger partial charge is 0.332 e. The lowest BCUT2D eigenvalue weighted by molar-refractivity contribution is -0.132. The van der Waals surface area contributed by atoms with Crippen LogP contribution in [-0.2, 0) is 17.9 Å². The maximum atomic E-state index is 12.5. The van der Waals surface area contributed by atoms with E-state index in [1.54, 1.807) is 6.20 Å². The number of rotatable bonds is 6. The fourth-order valence-corrected chi connectivity index (χ4v) is 2.35. The molecule has 1 aromatic carbocycles. The molecule has 1 heterocycles. The highest BCUT2D eigenvalue weighted by Gasteiger charge is 2.16. The van der Waals surface area contributed by atoms with Crippen molar-refractivity contribution in [2.24, 2.45) is 5.73 Å². The number of benzene rings is 1. The van der Waals surface area contributed by atoms with Gasteiger partial charge in [-0.05, 0) is 31.5 Å². The molecular weight excluding hydrogens is 274 g/mol. The molecule has 1 atom stereocenters. The Labute approximate surface area is 132 Å². The molecule has 2 aromatic rings. The van der Waals surface area contributed by atoms with Crippen LogP contribution in [0, 0.1) is 6.92 Å². The summed E-state index contributed by atoms with van der Waals surface area (Å²) in [7, 11) is 0. The molecule has 2 N–H and O–H groups in total. The molecule has 0 aliphatic rings. The summed E-state index contributed by atoms with van der Waals surface area (Å²) in [5, 5.41) is 0. The second-order valence-corrected chi connectivity index (χ2v) is 5.74. The summed E-state index contributed by atoms with van der Waals surface area (Å²) in [5.41, 5.74) is 8.97. The van der Waals surface area contributed by atoms with Crippen LogP contribution in [0.4, 0.5) is 0 Å². The van der Waals surface area contributed by atoms with Gasteiger partial charge in [-0.15, -0.1) is 0 Å². The molecular formula is C18H23N3O. The third-order valence-corrected chi connectivity index (χ3v) is 3.38. The Kier molecular flexibility index (Phi) is 5.67. The number of pyridine rings is 1. The summed E-state index contributed by atoms with van der Waals surface area (Å²) in [4.78, 5) is 18.6. The van der Waals surface area contributed by atoms with Gasteiger partial charge in [0.2, 0.25) is 5.91 Å². The number of aryl methyl sites for hydroxylation is 1. The van der Waals surface area contributed by atoms with E-state index in [1.807, 2.05) is 42.2 Å². The van der Waals surface area contributed by atoms with E-state index >= 15 is 0 Å². The van der Waals surface area contributed by atoms with Crippen molar-refractivity contribution in [3.05, 3.63) is 65.5 Å². The average molecular weight is 297 g/mol. The first-order valence-corrected chi connectivity index (χ1v) is 7.53. The van der Waals surface area contributed by atoms with E-state index in [4.69, 9.17) is 5.73 Å². The molecule has 2 rings (SSSR count). The van der Waals surface area contributed by atoms with Crippen LogP contribution in [0.5, 0.6) is 0 Å². The lowest BCUT2D eigenvalue weighted by Crippen LogP contribution is -2.34. The molecule has 0 radical (unpaired) electrons. The Bertz CT molecular complexity index is 611. The molecule has 22 heavy (non-hydrogen) atoms. The van der Waals surface area contributed by atoms with E-state index in [1.165, 1.54) is 5.56 Å². The van der Waals surface area contributed by atoms with Crippen LogP contribution >= 0.6 is 0 Å². The normalized spacial score (nSPS) is 12.0. The Morgan fingerprint density at radius 3 is 2.68 bits per heavy atom. The van der Waals surface area contributed by atoms with Crippen LogP contribution < -0.4 is 5.73 Å². The highest BCUT2D eigenvalue weighted by molar-refractivity contribution is 5.76. The Morgan fingerprint density at radius 1 is 1.23 bits per heavy atom. The Balaban J connectivity index is 2.15. The van der Waals surface area contributed by atoms with Gasteiger partial charge in [0.25, 0.3) is 0 Å². The fraction of sp³-hybridized carbons (Fsp3) is 0.333. The number of nitrogens with two attached hydrogens (primary N) is 1. The topological polar surface area (TPSA) is 59.2 Å². The molecule has 0 aliphatic carbocycles. The molecule has 0 saturated heterocycles. The quantitative estimate of drug-likeness (QED) is 0.891. The van der Waals surface area contributed by atoms with E-state index in [-0.39, 0.29) is 11.9 Å². The number of hydrogen-bond acceptors (Lipinski definition) is 3. The van der Waals surface area contributed by atoms with Crippen molar-refractivity contribution in [2.45, 2.75) is 39.4 Å². The van der Waals surface area contributed by atoms with Crippen LogP contribution in [0.3, 0.4) is 0 Å². The van der Waals surface area contributed by atoms with E-state index in [9.17, 15) is 4.79 Å². The van der Waals surface area contributed by atoms with Gasteiger partial charge in [-0.25, -0.2) is 0 Å². The first-order valence-electron chi connectivity index (χ1n) is 7.53. The molecule has 116 valence electrons. The van der Waals surface area contributed by atoms with E-state index in [2.05, 4.69) is 24.0 Å². The second-order valence-electron chi connectivity index (χ2n) is 5.74. The zero-order chi connectivity index (χ0) is 15.9. The van der Waals surface area contributed by atoms with E-state index < -0.39 is 0 Å². The molecule has 4 heteroatoms.